The van der Waals surface area contributed by atoms with Crippen molar-refractivity contribution >= 4 is 5.91 Å². The van der Waals surface area contributed by atoms with Gasteiger partial charge in [0.15, 0.2) is 0 Å². The Morgan fingerprint density at radius 2 is 2.15 bits per heavy atom. The molecule has 0 saturated carbocycles. The van der Waals surface area contributed by atoms with Gasteiger partial charge in [-0.25, -0.2) is 0 Å². The van der Waals surface area contributed by atoms with Gasteiger partial charge < -0.3 is 10.4 Å². The van der Waals surface area contributed by atoms with Crippen LogP contribution in [0, 0.1) is 11.8 Å². The third-order valence-electron chi connectivity index (χ3n) is 5.67. The molecule has 4 unspecified atom stereocenters. The fourth-order valence-corrected chi connectivity index (χ4v) is 4.26. The Morgan fingerprint density at radius 3 is 2.85 bits per heavy atom. The van der Waals surface area contributed by atoms with Crippen LogP contribution in [0.2, 0.25) is 0 Å². The molecular formula is C19H25N5O2. The van der Waals surface area contributed by atoms with Crippen LogP contribution >= 0.6 is 0 Å². The van der Waals surface area contributed by atoms with Crippen LogP contribution in [0.15, 0.2) is 36.5 Å². The summed E-state index contributed by atoms with van der Waals surface area (Å²) in [5.74, 6) is 0.680. The molecule has 2 bridgehead atoms. The number of nitrogens with one attached hydrogen (secondary N) is 1. The number of amides is 1. The summed E-state index contributed by atoms with van der Waals surface area (Å²) in [6.45, 7) is 3.13. The lowest BCUT2D eigenvalue weighted by atomic mass is 9.75. The van der Waals surface area contributed by atoms with Crippen molar-refractivity contribution < 1.29 is 9.90 Å². The second-order valence-corrected chi connectivity index (χ2v) is 7.33. The van der Waals surface area contributed by atoms with Gasteiger partial charge in [-0.3, -0.25) is 14.4 Å². The average Bonchev–Trinajstić information content (AvgIpc) is 3.15. The van der Waals surface area contributed by atoms with Crippen molar-refractivity contribution in [3.05, 3.63) is 47.8 Å². The van der Waals surface area contributed by atoms with Gasteiger partial charge in [-0.2, -0.15) is 0 Å². The highest BCUT2D eigenvalue weighted by Gasteiger charge is 2.43. The standard InChI is InChI=1S/C19H25N5O2/c25-13-16-10-24(22-21-16)11-17-8-15-6-7-23(17)12-18(15)19(26)20-9-14-4-2-1-3-5-14/h1-5,10,15,17-18,25H,6-9,11-13H2,(H,20,26). The monoisotopic (exact) mass is 355 g/mol. The van der Waals surface area contributed by atoms with Gasteiger partial charge in [0, 0.05) is 19.1 Å². The lowest BCUT2D eigenvalue weighted by Gasteiger charge is -2.49. The summed E-state index contributed by atoms with van der Waals surface area (Å²) in [6.07, 6.45) is 3.89. The molecule has 0 aliphatic carbocycles. The summed E-state index contributed by atoms with van der Waals surface area (Å²) < 4.78 is 1.81. The number of aromatic nitrogens is 3. The highest BCUT2D eigenvalue weighted by atomic mass is 16.3. The number of carbonyl (C=O) groups is 1. The SMILES string of the molecule is O=C(NCc1ccccc1)C1CN2CCC1CC2Cn1cc(CO)nn1. The largest absolute Gasteiger partial charge is 0.390 e. The van der Waals surface area contributed by atoms with Crippen molar-refractivity contribution in [3.8, 4) is 0 Å². The Labute approximate surface area is 153 Å². The summed E-state index contributed by atoms with van der Waals surface area (Å²) in [4.78, 5) is 15.1. The molecule has 4 atom stereocenters. The van der Waals surface area contributed by atoms with E-state index in [1.54, 1.807) is 10.9 Å². The van der Waals surface area contributed by atoms with Gasteiger partial charge in [0.05, 0.1) is 25.3 Å². The predicted molar refractivity (Wildman–Crippen MR) is 95.8 cm³/mol. The zero-order valence-electron chi connectivity index (χ0n) is 14.8. The quantitative estimate of drug-likeness (QED) is 0.801. The number of fused-ring (bicyclic) bond motifs is 3. The van der Waals surface area contributed by atoms with Gasteiger partial charge in [-0.15, -0.1) is 5.10 Å². The van der Waals surface area contributed by atoms with E-state index in [1.165, 1.54) is 0 Å². The lowest BCUT2D eigenvalue weighted by molar-refractivity contribution is -0.133. The number of carbonyl (C=O) groups excluding carboxylic acids is 1. The van der Waals surface area contributed by atoms with Crippen LogP contribution in [0.1, 0.15) is 24.1 Å². The third kappa shape index (κ3) is 3.64. The lowest BCUT2D eigenvalue weighted by Crippen LogP contribution is -2.58. The molecular weight excluding hydrogens is 330 g/mol. The zero-order valence-corrected chi connectivity index (χ0v) is 14.8. The number of hydrogen-bond donors (Lipinski definition) is 2. The zero-order chi connectivity index (χ0) is 17.9. The van der Waals surface area contributed by atoms with E-state index < -0.39 is 0 Å². The highest BCUT2D eigenvalue weighted by molar-refractivity contribution is 5.79. The van der Waals surface area contributed by atoms with Gasteiger partial charge in [0.2, 0.25) is 5.91 Å². The summed E-state index contributed by atoms with van der Waals surface area (Å²) in [5.41, 5.74) is 1.73. The summed E-state index contributed by atoms with van der Waals surface area (Å²) in [5, 5.41) is 20.2. The molecule has 0 radical (unpaired) electrons. The number of hydrogen-bond acceptors (Lipinski definition) is 5. The Hall–Kier alpha value is -2.25. The topological polar surface area (TPSA) is 83.3 Å². The molecule has 3 aliphatic heterocycles. The molecule has 5 rings (SSSR count). The van der Waals surface area contributed by atoms with Gasteiger partial charge >= 0.3 is 0 Å². The van der Waals surface area contributed by atoms with Crippen LogP contribution in [0.25, 0.3) is 0 Å². The van der Waals surface area contributed by atoms with E-state index in [1.807, 2.05) is 30.3 Å². The van der Waals surface area contributed by atoms with Crippen molar-refractivity contribution in [1.82, 2.24) is 25.2 Å². The number of piperidine rings is 3. The van der Waals surface area contributed by atoms with Gasteiger partial charge in [0.25, 0.3) is 0 Å². The van der Waals surface area contributed by atoms with E-state index in [4.69, 9.17) is 5.11 Å². The van der Waals surface area contributed by atoms with Crippen LogP contribution < -0.4 is 5.32 Å². The summed E-state index contributed by atoms with van der Waals surface area (Å²) in [6, 6.07) is 10.4. The minimum Gasteiger partial charge on any atom is -0.390 e. The fourth-order valence-electron chi connectivity index (χ4n) is 4.26. The molecule has 4 heterocycles. The van der Waals surface area contributed by atoms with E-state index in [2.05, 4.69) is 20.5 Å². The second kappa shape index (κ2) is 7.55. The van der Waals surface area contributed by atoms with Crippen LogP contribution in [-0.2, 0) is 24.5 Å². The molecule has 1 aromatic carbocycles. The van der Waals surface area contributed by atoms with Gasteiger partial charge in [0.1, 0.15) is 5.69 Å². The number of nitrogens with zero attached hydrogens (tertiary/aromatic N) is 4. The average molecular weight is 355 g/mol. The molecule has 2 N–H and O–H groups in total. The fraction of sp³-hybridized carbons (Fsp3) is 0.526. The molecule has 26 heavy (non-hydrogen) atoms. The third-order valence-corrected chi connectivity index (χ3v) is 5.67. The van der Waals surface area contributed by atoms with E-state index in [9.17, 15) is 4.79 Å². The molecule has 138 valence electrons. The maximum atomic E-state index is 12.7. The Balaban J connectivity index is 1.33. The van der Waals surface area contributed by atoms with Crippen molar-refractivity contribution in [2.45, 2.75) is 38.6 Å². The molecule has 7 heteroatoms. The van der Waals surface area contributed by atoms with Crippen LogP contribution in [0.3, 0.4) is 0 Å². The van der Waals surface area contributed by atoms with Crippen molar-refractivity contribution in [2.24, 2.45) is 11.8 Å². The second-order valence-electron chi connectivity index (χ2n) is 7.33. The predicted octanol–water partition coefficient (Wildman–Crippen LogP) is 0.797. The summed E-state index contributed by atoms with van der Waals surface area (Å²) in [7, 11) is 0. The highest BCUT2D eigenvalue weighted by Crippen LogP contribution is 2.36. The van der Waals surface area contributed by atoms with E-state index in [0.717, 1.165) is 38.0 Å². The van der Waals surface area contributed by atoms with Crippen molar-refractivity contribution in [3.63, 3.8) is 0 Å². The minimum absolute atomic E-state index is 0.0764. The summed E-state index contributed by atoms with van der Waals surface area (Å²) >= 11 is 0. The maximum absolute atomic E-state index is 12.7. The van der Waals surface area contributed by atoms with E-state index >= 15 is 0 Å². The molecule has 7 nitrogen and oxygen atoms in total. The van der Waals surface area contributed by atoms with Gasteiger partial charge in [-0.1, -0.05) is 35.5 Å². The number of benzene rings is 1. The Bertz CT molecular complexity index is 747. The Kier molecular flexibility index (Phi) is 4.99. The number of aliphatic hydroxyl groups is 1. The minimum atomic E-state index is -0.0827. The van der Waals surface area contributed by atoms with Crippen LogP contribution in [0.5, 0.6) is 0 Å². The van der Waals surface area contributed by atoms with Crippen LogP contribution in [0.4, 0.5) is 0 Å². The molecule has 3 saturated heterocycles. The molecule has 2 aromatic rings. The van der Waals surface area contributed by atoms with E-state index in [0.29, 0.717) is 24.2 Å². The molecule has 3 fully saturated rings. The smallest absolute Gasteiger partial charge is 0.224 e. The van der Waals surface area contributed by atoms with Gasteiger partial charge in [-0.05, 0) is 30.9 Å². The van der Waals surface area contributed by atoms with E-state index in [-0.39, 0.29) is 18.4 Å². The van der Waals surface area contributed by atoms with Crippen LogP contribution in [-0.4, -0.2) is 50.0 Å². The first-order valence-electron chi connectivity index (χ1n) is 9.28. The maximum Gasteiger partial charge on any atom is 0.224 e. The molecule has 3 aliphatic rings. The van der Waals surface area contributed by atoms with Crippen molar-refractivity contribution in [1.29, 1.82) is 0 Å². The Morgan fingerprint density at radius 1 is 1.31 bits per heavy atom. The number of aliphatic hydroxyl groups excluding tert-OH is 1. The number of rotatable bonds is 6. The first-order chi connectivity index (χ1) is 12.7. The van der Waals surface area contributed by atoms with Crippen molar-refractivity contribution in [2.75, 3.05) is 13.1 Å². The molecule has 1 amide bonds. The molecule has 0 spiro atoms. The molecule has 1 aromatic heterocycles. The first-order valence-corrected chi connectivity index (χ1v) is 9.28. The first kappa shape index (κ1) is 17.2. The normalized spacial score (nSPS) is 27.4.